The fraction of sp³-hybridized carbons (Fsp3) is 0.300. The third-order valence-corrected chi connectivity index (χ3v) is 6.71. The predicted molar refractivity (Wildman–Crippen MR) is 111 cm³/mol. The highest BCUT2D eigenvalue weighted by molar-refractivity contribution is 9.10. The summed E-state index contributed by atoms with van der Waals surface area (Å²) in [6.07, 6.45) is 0. The van der Waals surface area contributed by atoms with Crippen molar-refractivity contribution >= 4 is 48.5 Å². The normalized spacial score (nSPS) is 14.9. The van der Waals surface area contributed by atoms with Crippen LogP contribution in [-0.2, 0) is 0 Å². The standard InChI is InChI=1S/C20H20BrN3OS/c1-13-11-14(2)18-17(12-13)22-20(26-18)24-9-7-23(8-10-24)19(25)15-5-3-4-6-16(15)21/h3-6,11-12H,7-10H2,1-2H3. The zero-order valence-corrected chi connectivity index (χ0v) is 17.2. The van der Waals surface area contributed by atoms with Gasteiger partial charge in [0.25, 0.3) is 5.91 Å². The Labute approximate surface area is 165 Å². The number of halogens is 1. The number of hydrogen-bond acceptors (Lipinski definition) is 4. The Hall–Kier alpha value is -1.92. The summed E-state index contributed by atoms with van der Waals surface area (Å²) in [5.74, 6) is 0.0906. The van der Waals surface area contributed by atoms with Crippen molar-refractivity contribution in [2.45, 2.75) is 13.8 Å². The summed E-state index contributed by atoms with van der Waals surface area (Å²) in [4.78, 5) is 21.8. The highest BCUT2D eigenvalue weighted by atomic mass is 79.9. The second-order valence-corrected chi connectivity index (χ2v) is 8.52. The Morgan fingerprint density at radius 2 is 1.85 bits per heavy atom. The summed E-state index contributed by atoms with van der Waals surface area (Å²) >= 11 is 5.23. The minimum Gasteiger partial charge on any atom is -0.345 e. The lowest BCUT2D eigenvalue weighted by molar-refractivity contribution is 0.0746. The lowest BCUT2D eigenvalue weighted by atomic mass is 10.1. The van der Waals surface area contributed by atoms with Crippen LogP contribution in [0, 0.1) is 13.8 Å². The maximum absolute atomic E-state index is 12.8. The smallest absolute Gasteiger partial charge is 0.255 e. The Morgan fingerprint density at radius 1 is 1.12 bits per heavy atom. The van der Waals surface area contributed by atoms with Crippen LogP contribution in [0.15, 0.2) is 40.9 Å². The van der Waals surface area contributed by atoms with Gasteiger partial charge in [0.1, 0.15) is 0 Å². The van der Waals surface area contributed by atoms with Gasteiger partial charge < -0.3 is 9.80 Å². The van der Waals surface area contributed by atoms with E-state index in [1.165, 1.54) is 15.8 Å². The number of anilines is 1. The van der Waals surface area contributed by atoms with E-state index >= 15 is 0 Å². The van der Waals surface area contributed by atoms with Crippen LogP contribution in [0.2, 0.25) is 0 Å². The third-order valence-electron chi connectivity index (χ3n) is 4.75. The molecule has 0 bridgehead atoms. The topological polar surface area (TPSA) is 36.4 Å². The minimum absolute atomic E-state index is 0.0906. The van der Waals surface area contributed by atoms with Crippen molar-refractivity contribution < 1.29 is 4.79 Å². The number of thiazole rings is 1. The fourth-order valence-electron chi connectivity index (χ4n) is 3.41. The zero-order chi connectivity index (χ0) is 18.3. The van der Waals surface area contributed by atoms with Gasteiger partial charge in [0, 0.05) is 30.7 Å². The van der Waals surface area contributed by atoms with Gasteiger partial charge in [0.2, 0.25) is 0 Å². The molecule has 4 rings (SSSR count). The van der Waals surface area contributed by atoms with E-state index in [0.717, 1.165) is 33.8 Å². The summed E-state index contributed by atoms with van der Waals surface area (Å²) in [7, 11) is 0. The fourth-order valence-corrected chi connectivity index (χ4v) is 4.93. The van der Waals surface area contributed by atoms with E-state index in [0.29, 0.717) is 13.1 Å². The lowest BCUT2D eigenvalue weighted by Crippen LogP contribution is -2.48. The minimum atomic E-state index is 0.0906. The molecule has 0 aliphatic carbocycles. The summed E-state index contributed by atoms with van der Waals surface area (Å²) < 4.78 is 2.11. The molecule has 2 aromatic carbocycles. The number of fused-ring (bicyclic) bond motifs is 1. The molecular weight excluding hydrogens is 410 g/mol. The molecule has 1 amide bonds. The van der Waals surface area contributed by atoms with E-state index in [2.05, 4.69) is 46.8 Å². The molecule has 0 spiro atoms. The van der Waals surface area contributed by atoms with Crippen molar-refractivity contribution in [3.63, 3.8) is 0 Å². The molecule has 1 fully saturated rings. The van der Waals surface area contributed by atoms with Crippen LogP contribution in [0.5, 0.6) is 0 Å². The number of benzene rings is 2. The zero-order valence-electron chi connectivity index (χ0n) is 14.8. The number of aryl methyl sites for hydroxylation is 2. The van der Waals surface area contributed by atoms with Gasteiger partial charge in [-0.1, -0.05) is 29.5 Å². The molecule has 0 N–H and O–H groups in total. The molecule has 2 heterocycles. The molecular formula is C20H20BrN3OS. The monoisotopic (exact) mass is 429 g/mol. The quantitative estimate of drug-likeness (QED) is 0.595. The molecule has 6 heteroatoms. The van der Waals surface area contributed by atoms with Gasteiger partial charge in [-0.15, -0.1) is 0 Å². The summed E-state index contributed by atoms with van der Waals surface area (Å²) in [5, 5.41) is 1.06. The van der Waals surface area contributed by atoms with Gasteiger partial charge in [-0.3, -0.25) is 4.79 Å². The number of piperazine rings is 1. The van der Waals surface area contributed by atoms with Crippen LogP contribution < -0.4 is 4.90 Å². The molecule has 1 aliphatic rings. The Morgan fingerprint density at radius 3 is 2.58 bits per heavy atom. The number of carbonyl (C=O) groups is 1. The Bertz CT molecular complexity index is 976. The first-order valence-corrected chi connectivity index (χ1v) is 10.3. The largest absolute Gasteiger partial charge is 0.345 e. The Kier molecular flexibility index (Phi) is 4.71. The van der Waals surface area contributed by atoms with Gasteiger partial charge in [0.15, 0.2) is 5.13 Å². The van der Waals surface area contributed by atoms with Crippen LogP contribution in [-0.4, -0.2) is 42.0 Å². The highest BCUT2D eigenvalue weighted by Gasteiger charge is 2.25. The second-order valence-electron chi connectivity index (χ2n) is 6.69. The first kappa shape index (κ1) is 17.5. The number of rotatable bonds is 2. The average molecular weight is 430 g/mol. The molecule has 1 saturated heterocycles. The van der Waals surface area contributed by atoms with Crippen LogP contribution >= 0.6 is 27.3 Å². The predicted octanol–water partition coefficient (Wildman–Crippen LogP) is 4.64. The van der Waals surface area contributed by atoms with E-state index in [9.17, 15) is 4.79 Å². The van der Waals surface area contributed by atoms with Crippen LogP contribution in [0.4, 0.5) is 5.13 Å². The molecule has 26 heavy (non-hydrogen) atoms. The van der Waals surface area contributed by atoms with Crippen LogP contribution in [0.3, 0.4) is 0 Å². The molecule has 1 aliphatic heterocycles. The van der Waals surface area contributed by atoms with Gasteiger partial charge in [0.05, 0.1) is 15.8 Å². The van der Waals surface area contributed by atoms with Gasteiger partial charge in [-0.2, -0.15) is 0 Å². The number of carbonyl (C=O) groups excluding carboxylic acids is 1. The summed E-state index contributed by atoms with van der Waals surface area (Å²) in [6, 6.07) is 12.0. The van der Waals surface area contributed by atoms with Crippen molar-refractivity contribution in [1.82, 2.24) is 9.88 Å². The molecule has 134 valence electrons. The van der Waals surface area contributed by atoms with E-state index in [1.807, 2.05) is 29.2 Å². The van der Waals surface area contributed by atoms with Crippen molar-refractivity contribution in [3.8, 4) is 0 Å². The maximum Gasteiger partial charge on any atom is 0.255 e. The second kappa shape index (κ2) is 7.00. The average Bonchev–Trinajstić information content (AvgIpc) is 3.06. The van der Waals surface area contributed by atoms with Crippen molar-refractivity contribution in [2.24, 2.45) is 0 Å². The highest BCUT2D eigenvalue weighted by Crippen LogP contribution is 2.32. The first-order valence-electron chi connectivity index (χ1n) is 8.69. The number of nitrogens with zero attached hydrogens (tertiary/aromatic N) is 3. The van der Waals surface area contributed by atoms with Crippen molar-refractivity contribution in [3.05, 3.63) is 57.6 Å². The van der Waals surface area contributed by atoms with Crippen molar-refractivity contribution in [1.29, 1.82) is 0 Å². The van der Waals surface area contributed by atoms with E-state index in [4.69, 9.17) is 4.98 Å². The SMILES string of the molecule is Cc1cc(C)c2sc(N3CCN(C(=O)c4ccccc4Br)CC3)nc2c1. The molecule has 1 aromatic heterocycles. The molecule has 0 radical (unpaired) electrons. The Balaban J connectivity index is 1.49. The third kappa shape index (κ3) is 3.23. The molecule has 0 saturated carbocycles. The maximum atomic E-state index is 12.8. The summed E-state index contributed by atoms with van der Waals surface area (Å²) in [6.45, 7) is 7.31. The summed E-state index contributed by atoms with van der Waals surface area (Å²) in [5.41, 5.74) is 4.34. The number of hydrogen-bond donors (Lipinski definition) is 0. The van der Waals surface area contributed by atoms with E-state index < -0.39 is 0 Å². The van der Waals surface area contributed by atoms with E-state index in [1.54, 1.807) is 11.3 Å². The molecule has 3 aromatic rings. The number of aromatic nitrogens is 1. The van der Waals surface area contributed by atoms with Gasteiger partial charge in [-0.05, 0) is 59.1 Å². The first-order chi connectivity index (χ1) is 12.5. The van der Waals surface area contributed by atoms with Crippen LogP contribution in [0.25, 0.3) is 10.2 Å². The van der Waals surface area contributed by atoms with Crippen LogP contribution in [0.1, 0.15) is 21.5 Å². The van der Waals surface area contributed by atoms with E-state index in [-0.39, 0.29) is 5.91 Å². The molecule has 4 nitrogen and oxygen atoms in total. The molecule has 0 unspecified atom stereocenters. The number of amides is 1. The van der Waals surface area contributed by atoms with Crippen molar-refractivity contribution in [2.75, 3.05) is 31.1 Å². The lowest BCUT2D eigenvalue weighted by Gasteiger charge is -2.34. The van der Waals surface area contributed by atoms with Gasteiger partial charge in [-0.25, -0.2) is 4.98 Å². The molecule has 0 atom stereocenters. The van der Waals surface area contributed by atoms with Gasteiger partial charge >= 0.3 is 0 Å².